The lowest BCUT2D eigenvalue weighted by molar-refractivity contribution is 0.195. The van der Waals surface area contributed by atoms with E-state index < -0.39 is 6.17 Å². The maximum atomic E-state index is 13.1. The Bertz CT molecular complexity index is 133. The van der Waals surface area contributed by atoms with Gasteiger partial charge in [0.1, 0.15) is 6.17 Å². The molecule has 3 heteroatoms. The lowest BCUT2D eigenvalue weighted by Crippen LogP contribution is -2.39. The van der Waals surface area contributed by atoms with Crippen LogP contribution in [0, 0.1) is 0 Å². The summed E-state index contributed by atoms with van der Waals surface area (Å²) in [5.74, 6) is 0. The van der Waals surface area contributed by atoms with Crippen LogP contribution in [0.1, 0.15) is 27.2 Å². The van der Waals surface area contributed by atoms with Crippen LogP contribution in [0.4, 0.5) is 4.39 Å². The van der Waals surface area contributed by atoms with Crippen LogP contribution in [0.5, 0.6) is 0 Å². The van der Waals surface area contributed by atoms with Crippen LogP contribution in [0.15, 0.2) is 0 Å². The second-order valence-electron chi connectivity index (χ2n) is 3.93. The van der Waals surface area contributed by atoms with Gasteiger partial charge in [-0.2, -0.15) is 12.6 Å². The first-order chi connectivity index (χ1) is 5.52. The van der Waals surface area contributed by atoms with E-state index in [4.69, 9.17) is 0 Å². The van der Waals surface area contributed by atoms with Crippen LogP contribution in [-0.2, 0) is 0 Å². The molecule has 12 heavy (non-hydrogen) atoms. The number of thiol groups is 1. The Labute approximate surface area is 79.7 Å². The lowest BCUT2D eigenvalue weighted by atomic mass is 10.1. The number of hydrogen-bond donors (Lipinski definition) is 1. The smallest absolute Gasteiger partial charge is 0.114 e. The van der Waals surface area contributed by atoms with Crippen LogP contribution in [-0.4, -0.2) is 34.9 Å². The van der Waals surface area contributed by atoms with E-state index in [0.29, 0.717) is 25.0 Å². The quantitative estimate of drug-likeness (QED) is 0.654. The largest absolute Gasteiger partial charge is 0.294 e. The molecule has 0 amide bonds. The molecule has 0 unspecified atom stereocenters. The van der Waals surface area contributed by atoms with Crippen molar-refractivity contribution in [2.75, 3.05) is 6.54 Å². The molecule has 0 saturated carbocycles. The summed E-state index contributed by atoms with van der Waals surface area (Å²) in [6.07, 6.45) is 0.00931. The highest BCUT2D eigenvalue weighted by Gasteiger charge is 2.35. The molecule has 1 nitrogen and oxygen atoms in total. The van der Waals surface area contributed by atoms with E-state index in [-0.39, 0.29) is 5.25 Å². The Morgan fingerprint density at radius 2 is 2.00 bits per heavy atom. The van der Waals surface area contributed by atoms with Gasteiger partial charge in [0.05, 0.1) is 0 Å². The summed E-state index contributed by atoms with van der Waals surface area (Å²) >= 11 is 4.38. The number of halogens is 1. The van der Waals surface area contributed by atoms with E-state index in [1.807, 2.05) is 6.92 Å². The van der Waals surface area contributed by atoms with Crippen molar-refractivity contribution in [1.82, 2.24) is 4.90 Å². The SMILES string of the molecule is CC(C)N1C[C@H](F)C[C@H]1[C@H](C)S. The molecule has 72 valence electrons. The van der Waals surface area contributed by atoms with Crippen LogP contribution < -0.4 is 0 Å². The van der Waals surface area contributed by atoms with Crippen LogP contribution in [0.2, 0.25) is 0 Å². The molecule has 0 aliphatic carbocycles. The van der Waals surface area contributed by atoms with E-state index in [9.17, 15) is 4.39 Å². The second kappa shape index (κ2) is 3.97. The minimum atomic E-state index is -0.646. The molecule has 0 spiro atoms. The van der Waals surface area contributed by atoms with E-state index >= 15 is 0 Å². The Kier molecular flexibility index (Phi) is 3.41. The topological polar surface area (TPSA) is 3.24 Å². The highest BCUT2D eigenvalue weighted by Crippen LogP contribution is 2.26. The molecular weight excluding hydrogens is 173 g/mol. The van der Waals surface area contributed by atoms with Crippen molar-refractivity contribution in [2.24, 2.45) is 0 Å². The lowest BCUT2D eigenvalue weighted by Gasteiger charge is -2.29. The minimum absolute atomic E-state index is 0.271. The summed E-state index contributed by atoms with van der Waals surface area (Å²) in [6, 6.07) is 0.758. The molecule has 1 heterocycles. The van der Waals surface area contributed by atoms with Gasteiger partial charge in [-0.3, -0.25) is 4.90 Å². The molecule has 1 rings (SSSR count). The second-order valence-corrected chi connectivity index (χ2v) is 4.75. The number of alkyl halides is 1. The Morgan fingerprint density at radius 3 is 2.33 bits per heavy atom. The third-order valence-electron chi connectivity index (χ3n) is 2.55. The van der Waals surface area contributed by atoms with E-state index in [1.165, 1.54) is 0 Å². The molecule has 1 saturated heterocycles. The third-order valence-corrected chi connectivity index (χ3v) is 2.90. The fourth-order valence-corrected chi connectivity index (χ4v) is 2.20. The highest BCUT2D eigenvalue weighted by molar-refractivity contribution is 7.81. The number of rotatable bonds is 2. The Hall–Kier alpha value is 0.240. The van der Waals surface area contributed by atoms with Crippen molar-refractivity contribution < 1.29 is 4.39 Å². The zero-order valence-corrected chi connectivity index (χ0v) is 8.89. The van der Waals surface area contributed by atoms with Crippen molar-refractivity contribution in [3.63, 3.8) is 0 Å². The van der Waals surface area contributed by atoms with Gasteiger partial charge in [-0.1, -0.05) is 6.92 Å². The normalized spacial score (nSPS) is 34.5. The summed E-state index contributed by atoms with van der Waals surface area (Å²) in [7, 11) is 0. The van der Waals surface area contributed by atoms with Gasteiger partial charge < -0.3 is 0 Å². The zero-order chi connectivity index (χ0) is 9.30. The fourth-order valence-electron chi connectivity index (χ4n) is 1.90. The first-order valence-electron chi connectivity index (χ1n) is 4.60. The first-order valence-corrected chi connectivity index (χ1v) is 5.12. The van der Waals surface area contributed by atoms with Gasteiger partial charge in [-0.15, -0.1) is 0 Å². The van der Waals surface area contributed by atoms with Gasteiger partial charge in [0.25, 0.3) is 0 Å². The van der Waals surface area contributed by atoms with Crippen molar-refractivity contribution in [1.29, 1.82) is 0 Å². The molecule has 3 atom stereocenters. The average Bonchev–Trinajstić information content (AvgIpc) is 2.31. The Morgan fingerprint density at radius 1 is 1.42 bits per heavy atom. The maximum Gasteiger partial charge on any atom is 0.114 e. The van der Waals surface area contributed by atoms with Crippen LogP contribution >= 0.6 is 12.6 Å². The van der Waals surface area contributed by atoms with Gasteiger partial charge in [-0.05, 0) is 20.3 Å². The minimum Gasteiger partial charge on any atom is -0.294 e. The molecule has 1 fully saturated rings. The molecule has 1 aliphatic rings. The zero-order valence-electron chi connectivity index (χ0n) is 8.00. The first kappa shape index (κ1) is 10.3. The van der Waals surface area contributed by atoms with Crippen molar-refractivity contribution in [3.05, 3.63) is 0 Å². The van der Waals surface area contributed by atoms with Crippen LogP contribution in [0.3, 0.4) is 0 Å². The van der Waals surface area contributed by atoms with Gasteiger partial charge in [0, 0.05) is 23.9 Å². The summed E-state index contributed by atoms with van der Waals surface area (Å²) in [4.78, 5) is 2.21. The third kappa shape index (κ3) is 2.13. The number of nitrogens with zero attached hydrogens (tertiary/aromatic N) is 1. The summed E-state index contributed by atoms with van der Waals surface area (Å²) < 4.78 is 13.1. The fraction of sp³-hybridized carbons (Fsp3) is 1.00. The average molecular weight is 191 g/mol. The van der Waals surface area contributed by atoms with Gasteiger partial charge in [0.15, 0.2) is 0 Å². The maximum absolute atomic E-state index is 13.1. The van der Waals surface area contributed by atoms with E-state index in [0.717, 1.165) is 0 Å². The van der Waals surface area contributed by atoms with Gasteiger partial charge in [0.2, 0.25) is 0 Å². The predicted octanol–water partition coefficient (Wildman–Crippen LogP) is 2.13. The van der Waals surface area contributed by atoms with E-state index in [2.05, 4.69) is 31.4 Å². The molecule has 0 aromatic rings. The molecule has 0 aromatic heterocycles. The van der Waals surface area contributed by atoms with Crippen molar-refractivity contribution >= 4 is 12.6 Å². The standard InChI is InChI=1S/C9H18FNS/c1-6(2)11-5-8(10)4-9(11)7(3)12/h6-9,12H,4-5H2,1-3H3/t7-,8+,9-/m0/s1. The number of hydrogen-bond acceptors (Lipinski definition) is 2. The van der Waals surface area contributed by atoms with Crippen molar-refractivity contribution in [3.8, 4) is 0 Å². The molecule has 0 N–H and O–H groups in total. The summed E-state index contributed by atoms with van der Waals surface area (Å²) in [5, 5.41) is 0.271. The molecule has 0 bridgehead atoms. The van der Waals surface area contributed by atoms with E-state index in [1.54, 1.807) is 0 Å². The van der Waals surface area contributed by atoms with Crippen molar-refractivity contribution in [2.45, 2.75) is 50.7 Å². The predicted molar refractivity (Wildman–Crippen MR) is 53.6 cm³/mol. The summed E-state index contributed by atoms with van der Waals surface area (Å²) in [5.41, 5.74) is 0. The summed E-state index contributed by atoms with van der Waals surface area (Å²) in [6.45, 7) is 6.86. The molecule has 0 aromatic carbocycles. The van der Waals surface area contributed by atoms with Gasteiger partial charge in [-0.25, -0.2) is 4.39 Å². The monoisotopic (exact) mass is 191 g/mol. The molecular formula is C9H18FNS. The highest BCUT2D eigenvalue weighted by atomic mass is 32.1. The van der Waals surface area contributed by atoms with Gasteiger partial charge >= 0.3 is 0 Å². The van der Waals surface area contributed by atoms with Crippen LogP contribution in [0.25, 0.3) is 0 Å². The molecule has 0 radical (unpaired) electrons. The number of likely N-dealkylation sites (tertiary alicyclic amines) is 1. The molecule has 1 aliphatic heterocycles. The Balaban J connectivity index is 2.59.